The van der Waals surface area contributed by atoms with Crippen molar-refractivity contribution in [2.75, 3.05) is 11.9 Å². The van der Waals surface area contributed by atoms with Gasteiger partial charge < -0.3 is 10.6 Å². The minimum absolute atomic E-state index is 0.0226. The molecule has 1 amide bonds. The molecule has 168 valence electrons. The number of amides is 1. The first-order valence-corrected chi connectivity index (χ1v) is 11.8. The molecule has 1 aliphatic rings. The number of hydrogen-bond donors (Lipinski definition) is 2. The summed E-state index contributed by atoms with van der Waals surface area (Å²) in [6.07, 6.45) is 6.31. The molecule has 0 atom stereocenters. The average Bonchev–Trinajstić information content (AvgIpc) is 3.27. The second-order valence-electron chi connectivity index (χ2n) is 8.54. The van der Waals surface area contributed by atoms with Crippen LogP contribution in [-0.4, -0.2) is 27.0 Å². The highest BCUT2D eigenvalue weighted by atomic mass is 35.5. The van der Waals surface area contributed by atoms with Crippen LogP contribution in [0.2, 0.25) is 5.02 Å². The number of pyridine rings is 1. The lowest BCUT2D eigenvalue weighted by Crippen LogP contribution is -2.30. The second kappa shape index (κ2) is 9.63. The van der Waals surface area contributed by atoms with E-state index in [0.29, 0.717) is 22.5 Å². The minimum Gasteiger partial charge on any atom is -0.352 e. The van der Waals surface area contributed by atoms with Gasteiger partial charge in [-0.15, -0.1) is 5.10 Å². The number of benzene rings is 2. The Balaban J connectivity index is 1.27. The van der Waals surface area contributed by atoms with Crippen LogP contribution in [0.1, 0.15) is 42.5 Å². The van der Waals surface area contributed by atoms with Gasteiger partial charge in [-0.05, 0) is 67.3 Å². The summed E-state index contributed by atoms with van der Waals surface area (Å²) in [5, 5.41) is 11.6. The van der Waals surface area contributed by atoms with Gasteiger partial charge in [-0.2, -0.15) is 4.98 Å². The lowest BCUT2D eigenvalue weighted by Gasteiger charge is -2.21. The van der Waals surface area contributed by atoms with Crippen molar-refractivity contribution in [3.05, 3.63) is 77.3 Å². The summed E-state index contributed by atoms with van der Waals surface area (Å²) >= 11 is 6.03. The van der Waals surface area contributed by atoms with Gasteiger partial charge in [-0.3, -0.25) is 4.79 Å². The zero-order valence-electron chi connectivity index (χ0n) is 18.3. The van der Waals surface area contributed by atoms with E-state index in [2.05, 4.69) is 20.7 Å². The van der Waals surface area contributed by atoms with Gasteiger partial charge in [-0.1, -0.05) is 49.1 Å². The number of fused-ring (bicyclic) bond motifs is 1. The number of halogens is 1. The van der Waals surface area contributed by atoms with E-state index in [1.807, 2.05) is 66.7 Å². The van der Waals surface area contributed by atoms with Gasteiger partial charge in [0.1, 0.15) is 0 Å². The van der Waals surface area contributed by atoms with E-state index in [1.165, 1.54) is 32.1 Å². The van der Waals surface area contributed by atoms with Gasteiger partial charge in [0.2, 0.25) is 5.95 Å². The highest BCUT2D eigenvalue weighted by Gasteiger charge is 2.15. The monoisotopic (exact) mass is 459 g/mol. The van der Waals surface area contributed by atoms with Crippen molar-refractivity contribution in [2.45, 2.75) is 32.1 Å². The zero-order chi connectivity index (χ0) is 22.6. The fourth-order valence-electron chi connectivity index (χ4n) is 4.36. The summed E-state index contributed by atoms with van der Waals surface area (Å²) in [6, 6.07) is 20.9. The van der Waals surface area contributed by atoms with Crippen molar-refractivity contribution < 1.29 is 4.79 Å². The molecule has 4 aromatic rings. The molecule has 5 rings (SSSR count). The Morgan fingerprint density at radius 3 is 2.48 bits per heavy atom. The zero-order valence-corrected chi connectivity index (χ0v) is 19.1. The molecule has 0 aliphatic heterocycles. The molecule has 1 aliphatic carbocycles. The maximum absolute atomic E-state index is 12.5. The molecule has 6 nitrogen and oxygen atoms in total. The molecule has 0 radical (unpaired) electrons. The molecule has 2 aromatic carbocycles. The van der Waals surface area contributed by atoms with E-state index in [1.54, 1.807) is 4.52 Å². The van der Waals surface area contributed by atoms with Crippen molar-refractivity contribution >= 4 is 34.8 Å². The topological polar surface area (TPSA) is 71.3 Å². The summed E-state index contributed by atoms with van der Waals surface area (Å²) < 4.78 is 1.80. The number of rotatable bonds is 6. The predicted octanol–water partition coefficient (Wildman–Crippen LogP) is 6.10. The molecule has 0 unspecified atom stereocenters. The van der Waals surface area contributed by atoms with E-state index in [0.717, 1.165) is 29.1 Å². The lowest BCUT2D eigenvalue weighted by atomic mass is 9.89. The number of hydrogen-bond acceptors (Lipinski definition) is 4. The predicted molar refractivity (Wildman–Crippen MR) is 132 cm³/mol. The first kappa shape index (κ1) is 21.5. The van der Waals surface area contributed by atoms with Crippen molar-refractivity contribution in [3.8, 4) is 11.3 Å². The van der Waals surface area contributed by atoms with Gasteiger partial charge in [0.25, 0.3) is 5.91 Å². The SMILES string of the molecule is O=C(NCC1CCCCC1)c1ccc(Nc2nc3cccc(-c4ccc(Cl)cc4)n3n2)cc1. The van der Waals surface area contributed by atoms with Crippen LogP contribution in [-0.2, 0) is 0 Å². The lowest BCUT2D eigenvalue weighted by molar-refractivity contribution is 0.0943. The summed E-state index contributed by atoms with van der Waals surface area (Å²) in [4.78, 5) is 17.1. The molecular formula is C26H26ClN5O. The molecule has 2 aromatic heterocycles. The Hall–Kier alpha value is -3.38. The Kier molecular flexibility index (Phi) is 6.26. The number of carbonyl (C=O) groups excluding carboxylic acids is 1. The Morgan fingerprint density at radius 1 is 0.970 bits per heavy atom. The van der Waals surface area contributed by atoms with Crippen LogP contribution in [0.5, 0.6) is 0 Å². The summed E-state index contributed by atoms with van der Waals surface area (Å²) in [5.41, 5.74) is 4.15. The fourth-order valence-corrected chi connectivity index (χ4v) is 4.49. The normalized spacial score (nSPS) is 14.3. The molecule has 7 heteroatoms. The van der Waals surface area contributed by atoms with Gasteiger partial charge in [-0.25, -0.2) is 4.52 Å². The van der Waals surface area contributed by atoms with Gasteiger partial charge >= 0.3 is 0 Å². The summed E-state index contributed by atoms with van der Waals surface area (Å²) in [7, 11) is 0. The van der Waals surface area contributed by atoms with E-state index >= 15 is 0 Å². The molecular weight excluding hydrogens is 434 g/mol. The highest BCUT2D eigenvalue weighted by molar-refractivity contribution is 6.30. The van der Waals surface area contributed by atoms with Gasteiger partial charge in [0.05, 0.1) is 5.69 Å². The maximum atomic E-state index is 12.5. The van der Waals surface area contributed by atoms with Crippen LogP contribution in [0.25, 0.3) is 16.9 Å². The van der Waals surface area contributed by atoms with Gasteiger partial charge in [0.15, 0.2) is 5.65 Å². The quantitative estimate of drug-likeness (QED) is 0.365. The van der Waals surface area contributed by atoms with E-state index < -0.39 is 0 Å². The number of aromatic nitrogens is 3. The van der Waals surface area contributed by atoms with Crippen LogP contribution < -0.4 is 10.6 Å². The molecule has 33 heavy (non-hydrogen) atoms. The number of carbonyl (C=O) groups is 1. The van der Waals surface area contributed by atoms with E-state index in [-0.39, 0.29) is 5.91 Å². The van der Waals surface area contributed by atoms with Crippen molar-refractivity contribution in [3.63, 3.8) is 0 Å². The van der Waals surface area contributed by atoms with Crippen molar-refractivity contribution in [1.29, 1.82) is 0 Å². The smallest absolute Gasteiger partial charge is 0.251 e. The minimum atomic E-state index is -0.0226. The molecule has 0 bridgehead atoms. The van der Waals surface area contributed by atoms with Crippen LogP contribution in [0.15, 0.2) is 66.7 Å². The highest BCUT2D eigenvalue weighted by Crippen LogP contribution is 2.24. The third-order valence-corrected chi connectivity index (χ3v) is 6.43. The number of nitrogens with zero attached hydrogens (tertiary/aromatic N) is 3. The first-order chi connectivity index (χ1) is 16.2. The van der Waals surface area contributed by atoms with Crippen molar-refractivity contribution in [2.24, 2.45) is 5.92 Å². The van der Waals surface area contributed by atoms with E-state index in [9.17, 15) is 4.79 Å². The maximum Gasteiger partial charge on any atom is 0.251 e. The molecule has 1 saturated carbocycles. The molecule has 0 spiro atoms. The van der Waals surface area contributed by atoms with Crippen LogP contribution in [0.4, 0.5) is 11.6 Å². The largest absolute Gasteiger partial charge is 0.352 e. The number of anilines is 2. The average molecular weight is 460 g/mol. The fraction of sp³-hybridized carbons (Fsp3) is 0.269. The molecule has 1 fully saturated rings. The second-order valence-corrected chi connectivity index (χ2v) is 8.98. The van der Waals surface area contributed by atoms with Crippen LogP contribution in [0.3, 0.4) is 0 Å². The summed E-state index contributed by atoms with van der Waals surface area (Å²) in [6.45, 7) is 0.764. The number of nitrogens with one attached hydrogen (secondary N) is 2. The third kappa shape index (κ3) is 5.01. The van der Waals surface area contributed by atoms with Crippen LogP contribution >= 0.6 is 11.6 Å². The molecule has 0 saturated heterocycles. The first-order valence-electron chi connectivity index (χ1n) is 11.4. The summed E-state index contributed by atoms with van der Waals surface area (Å²) in [5.74, 6) is 1.08. The van der Waals surface area contributed by atoms with E-state index in [4.69, 9.17) is 11.6 Å². The Bertz CT molecular complexity index is 1240. The van der Waals surface area contributed by atoms with Gasteiger partial charge in [0, 0.05) is 28.4 Å². The molecule has 2 N–H and O–H groups in total. The third-order valence-electron chi connectivity index (χ3n) is 6.18. The van der Waals surface area contributed by atoms with Crippen LogP contribution in [0, 0.1) is 5.92 Å². The van der Waals surface area contributed by atoms with Crippen molar-refractivity contribution in [1.82, 2.24) is 19.9 Å². The molecule has 2 heterocycles. The Morgan fingerprint density at radius 2 is 1.73 bits per heavy atom. The standard InChI is InChI=1S/C26H26ClN5O/c27-21-13-9-19(10-14-21)23-7-4-8-24-30-26(31-32(23)24)29-22-15-11-20(12-16-22)25(33)28-17-18-5-2-1-3-6-18/h4,7-16,18H,1-3,5-6,17H2,(H,28,33)(H,29,31). The Labute approximate surface area is 198 Å².